The van der Waals surface area contributed by atoms with E-state index in [4.69, 9.17) is 18.9 Å². The first-order valence-electron chi connectivity index (χ1n) is 16.7. The maximum absolute atomic E-state index is 14.1. The largest absolute Gasteiger partial charge is 0.479 e. The number of piperidine rings is 1. The number of carbonyl (C=O) groups is 1. The summed E-state index contributed by atoms with van der Waals surface area (Å²) in [7, 11) is 1.72. The fraction of sp³-hybridized carbons (Fsp3) is 0.639. The molecule has 0 bridgehead atoms. The van der Waals surface area contributed by atoms with Gasteiger partial charge < -0.3 is 34.5 Å². The molecule has 2 fully saturated rings. The van der Waals surface area contributed by atoms with Gasteiger partial charge in [-0.15, -0.1) is 0 Å². The van der Waals surface area contributed by atoms with Gasteiger partial charge in [0.2, 0.25) is 5.91 Å². The Kier molecular flexibility index (Phi) is 11.4. The highest BCUT2D eigenvalue weighted by Crippen LogP contribution is 2.42. The number of carbonyl (C=O) groups excluding carboxylic acids is 1. The second-order valence-corrected chi connectivity index (χ2v) is 13.9. The molecule has 45 heavy (non-hydrogen) atoms. The fourth-order valence-corrected chi connectivity index (χ4v) is 6.83. The summed E-state index contributed by atoms with van der Waals surface area (Å²) in [5.74, 6) is 1.18. The quantitative estimate of drug-likeness (QED) is 0.282. The van der Waals surface area contributed by atoms with Crippen LogP contribution in [0, 0.1) is 17.2 Å². The lowest BCUT2D eigenvalue weighted by Gasteiger charge is -2.43. The number of fused-ring (bicyclic) bond motifs is 1. The van der Waals surface area contributed by atoms with Crippen LogP contribution in [-0.4, -0.2) is 71.2 Å². The predicted molar refractivity (Wildman–Crippen MR) is 174 cm³/mol. The molecular weight excluding hydrogens is 573 g/mol. The normalized spacial score (nSPS) is 24.2. The molecule has 0 spiro atoms. The molecule has 2 aromatic rings. The van der Waals surface area contributed by atoms with Crippen molar-refractivity contribution >= 4 is 11.6 Å². The summed E-state index contributed by atoms with van der Waals surface area (Å²) < 4.78 is 37.8. The van der Waals surface area contributed by atoms with E-state index in [1.807, 2.05) is 19.1 Å². The van der Waals surface area contributed by atoms with Crippen LogP contribution in [0.2, 0.25) is 0 Å². The zero-order valence-electron chi connectivity index (χ0n) is 27.5. The van der Waals surface area contributed by atoms with Crippen LogP contribution in [0.25, 0.3) is 0 Å². The number of nitrogens with one attached hydrogen (secondary N) is 2. The molecule has 2 unspecified atom stereocenters. The first kappa shape index (κ1) is 33.6. The number of methoxy groups -OCH3 is 1. The minimum Gasteiger partial charge on any atom is -0.479 e. The highest BCUT2D eigenvalue weighted by Gasteiger charge is 2.38. The van der Waals surface area contributed by atoms with Crippen LogP contribution in [0.15, 0.2) is 42.5 Å². The standard InChI is InChI=1S/C36H52FN3O5/c1-35(2,34(41)39-22-26-13-17-43-18-14-26)21-30-10-11-31(23-38-30)44-24-27-9-12-33-32(19-27)40(15-6-16-42-4)25-36(3,45-33)28-7-5-8-29(37)20-28/h5,7-9,12,19-20,26,30-31,38H,6,10-11,13-18,21-25H2,1-4H3,(H,39,41)/t30?,31-,36?/m1/s1. The van der Waals surface area contributed by atoms with Crippen LogP contribution < -0.4 is 20.3 Å². The van der Waals surface area contributed by atoms with E-state index in [0.717, 1.165) is 93.9 Å². The van der Waals surface area contributed by atoms with Crippen molar-refractivity contribution in [2.75, 3.05) is 58.0 Å². The molecule has 8 nitrogen and oxygen atoms in total. The Balaban J connectivity index is 1.13. The summed E-state index contributed by atoms with van der Waals surface area (Å²) in [6.45, 7) is 11.8. The maximum Gasteiger partial charge on any atom is 0.225 e. The summed E-state index contributed by atoms with van der Waals surface area (Å²) in [5.41, 5.74) is 1.83. The van der Waals surface area contributed by atoms with Gasteiger partial charge >= 0.3 is 0 Å². The van der Waals surface area contributed by atoms with Crippen molar-refractivity contribution in [1.82, 2.24) is 10.6 Å². The minimum absolute atomic E-state index is 0.119. The van der Waals surface area contributed by atoms with Gasteiger partial charge in [-0.2, -0.15) is 0 Å². The lowest BCUT2D eigenvalue weighted by molar-refractivity contribution is -0.130. The number of benzene rings is 2. The Morgan fingerprint density at radius 3 is 2.71 bits per heavy atom. The average Bonchev–Trinajstić information content (AvgIpc) is 3.04. The number of hydrogen-bond donors (Lipinski definition) is 2. The highest BCUT2D eigenvalue weighted by molar-refractivity contribution is 5.81. The Morgan fingerprint density at radius 1 is 1.16 bits per heavy atom. The summed E-state index contributed by atoms with van der Waals surface area (Å²) in [5, 5.41) is 6.85. The third kappa shape index (κ3) is 8.97. The maximum atomic E-state index is 14.1. The Morgan fingerprint density at radius 2 is 1.98 bits per heavy atom. The van der Waals surface area contributed by atoms with Crippen molar-refractivity contribution < 1.29 is 28.1 Å². The minimum atomic E-state index is -0.676. The molecule has 9 heteroatoms. The van der Waals surface area contributed by atoms with Crippen LogP contribution >= 0.6 is 0 Å². The summed E-state index contributed by atoms with van der Waals surface area (Å²) >= 11 is 0. The second-order valence-electron chi connectivity index (χ2n) is 13.9. The van der Waals surface area contributed by atoms with Crippen molar-refractivity contribution in [3.63, 3.8) is 0 Å². The van der Waals surface area contributed by atoms with Gasteiger partial charge in [0.15, 0.2) is 0 Å². The van der Waals surface area contributed by atoms with E-state index >= 15 is 0 Å². The molecule has 2 N–H and O–H groups in total. The fourth-order valence-electron chi connectivity index (χ4n) is 6.83. The smallest absolute Gasteiger partial charge is 0.225 e. The molecular formula is C36H52FN3O5. The first-order chi connectivity index (χ1) is 21.6. The molecule has 1 amide bonds. The molecule has 3 atom stereocenters. The molecule has 3 heterocycles. The molecule has 0 radical (unpaired) electrons. The zero-order chi connectivity index (χ0) is 31.9. The van der Waals surface area contributed by atoms with Crippen molar-refractivity contribution in [3.8, 4) is 5.75 Å². The van der Waals surface area contributed by atoms with Gasteiger partial charge in [-0.3, -0.25) is 4.79 Å². The number of halogens is 1. The van der Waals surface area contributed by atoms with E-state index in [1.54, 1.807) is 19.2 Å². The van der Waals surface area contributed by atoms with Gasteiger partial charge in [0.25, 0.3) is 0 Å². The molecule has 2 saturated heterocycles. The molecule has 0 aromatic heterocycles. The lowest BCUT2D eigenvalue weighted by Crippen LogP contribution is -2.48. The molecule has 0 saturated carbocycles. The van der Waals surface area contributed by atoms with Crippen LogP contribution in [-0.2, 0) is 31.2 Å². The van der Waals surface area contributed by atoms with E-state index in [9.17, 15) is 9.18 Å². The monoisotopic (exact) mass is 625 g/mol. The summed E-state index contributed by atoms with van der Waals surface area (Å²) in [4.78, 5) is 15.3. The van der Waals surface area contributed by atoms with E-state index in [1.165, 1.54) is 6.07 Å². The Bertz CT molecular complexity index is 1260. The lowest BCUT2D eigenvalue weighted by atomic mass is 9.82. The molecule has 5 rings (SSSR count). The molecule has 248 valence electrons. The molecule has 3 aliphatic heterocycles. The van der Waals surface area contributed by atoms with Crippen molar-refractivity contribution in [2.45, 2.75) is 83.6 Å². The topological polar surface area (TPSA) is 81.3 Å². The Hall–Kier alpha value is -2.72. The van der Waals surface area contributed by atoms with Gasteiger partial charge in [-0.05, 0) is 86.8 Å². The van der Waals surface area contributed by atoms with Crippen LogP contribution in [0.5, 0.6) is 5.75 Å². The summed E-state index contributed by atoms with van der Waals surface area (Å²) in [6, 6.07) is 13.2. The first-order valence-corrected chi connectivity index (χ1v) is 16.7. The number of rotatable bonds is 13. The van der Waals surface area contributed by atoms with Crippen molar-refractivity contribution in [2.24, 2.45) is 11.3 Å². The predicted octanol–water partition coefficient (Wildman–Crippen LogP) is 5.57. The van der Waals surface area contributed by atoms with Gasteiger partial charge in [0, 0.05) is 58.0 Å². The van der Waals surface area contributed by atoms with E-state index in [2.05, 4.69) is 41.5 Å². The number of amides is 1. The number of anilines is 1. The number of ether oxygens (including phenoxy) is 4. The van der Waals surface area contributed by atoms with Gasteiger partial charge in [0.1, 0.15) is 17.2 Å². The van der Waals surface area contributed by atoms with Gasteiger partial charge in [0.05, 0.1) is 24.9 Å². The highest BCUT2D eigenvalue weighted by atomic mass is 19.1. The molecule has 0 aliphatic carbocycles. The van der Waals surface area contributed by atoms with Crippen LogP contribution in [0.1, 0.15) is 70.4 Å². The third-order valence-electron chi connectivity index (χ3n) is 9.62. The number of nitrogens with zero attached hydrogens (tertiary/aromatic N) is 1. The van der Waals surface area contributed by atoms with Crippen molar-refractivity contribution in [3.05, 3.63) is 59.4 Å². The second kappa shape index (κ2) is 15.2. The molecule has 3 aliphatic rings. The van der Waals surface area contributed by atoms with Gasteiger partial charge in [-0.1, -0.05) is 32.0 Å². The number of hydrogen-bond acceptors (Lipinski definition) is 7. The van der Waals surface area contributed by atoms with E-state index in [0.29, 0.717) is 31.7 Å². The summed E-state index contributed by atoms with van der Waals surface area (Å²) in [6.07, 6.45) is 5.78. The van der Waals surface area contributed by atoms with Crippen LogP contribution in [0.4, 0.5) is 10.1 Å². The SMILES string of the molecule is COCCCN1CC(C)(c2cccc(F)c2)Oc2ccc(CO[C@@H]3CCC(CC(C)(C)C(=O)NCC4CCOCC4)NC3)cc21. The van der Waals surface area contributed by atoms with E-state index < -0.39 is 11.0 Å². The third-order valence-corrected chi connectivity index (χ3v) is 9.62. The van der Waals surface area contributed by atoms with Crippen molar-refractivity contribution in [1.29, 1.82) is 0 Å². The molecule has 2 aromatic carbocycles. The zero-order valence-corrected chi connectivity index (χ0v) is 27.5. The van der Waals surface area contributed by atoms with Gasteiger partial charge in [-0.25, -0.2) is 4.39 Å². The van der Waals surface area contributed by atoms with Crippen LogP contribution in [0.3, 0.4) is 0 Å². The Labute approximate surface area is 268 Å². The average molecular weight is 626 g/mol. The van der Waals surface area contributed by atoms with E-state index in [-0.39, 0.29) is 17.8 Å².